The van der Waals surface area contributed by atoms with Gasteiger partial charge in [0, 0.05) is 12.1 Å². The number of rotatable bonds is 3. The van der Waals surface area contributed by atoms with E-state index in [9.17, 15) is 9.59 Å². The number of hydrogen-bond acceptors (Lipinski definition) is 3. The summed E-state index contributed by atoms with van der Waals surface area (Å²) < 4.78 is 6.56. The van der Waals surface area contributed by atoms with E-state index in [1.165, 1.54) is 10.6 Å². The number of aromatic nitrogens is 1. The fourth-order valence-electron chi connectivity index (χ4n) is 1.64. The summed E-state index contributed by atoms with van der Waals surface area (Å²) in [6.07, 6.45) is 1.23. The van der Waals surface area contributed by atoms with Gasteiger partial charge in [-0.05, 0) is 31.2 Å². The van der Waals surface area contributed by atoms with Gasteiger partial charge in [0.05, 0.1) is 5.52 Å². The summed E-state index contributed by atoms with van der Waals surface area (Å²) in [5.74, 6) is -0.588. The molecular formula is C12H11NO3. The molecule has 4 heteroatoms. The SMILES string of the molecule is C=CC(=O)c1ccc2c(c1)oc(=O)n2CC. The Kier molecular flexibility index (Phi) is 2.48. The van der Waals surface area contributed by atoms with Crippen LogP contribution in [0.15, 0.2) is 40.1 Å². The fourth-order valence-corrected chi connectivity index (χ4v) is 1.64. The normalized spacial score (nSPS) is 10.6. The van der Waals surface area contributed by atoms with Crippen LogP contribution in [0.4, 0.5) is 0 Å². The average molecular weight is 217 g/mol. The zero-order valence-corrected chi connectivity index (χ0v) is 8.90. The zero-order chi connectivity index (χ0) is 11.7. The third-order valence-corrected chi connectivity index (χ3v) is 2.45. The van der Waals surface area contributed by atoms with Gasteiger partial charge in [0.15, 0.2) is 11.4 Å². The smallest absolute Gasteiger partial charge is 0.408 e. The predicted molar refractivity (Wildman–Crippen MR) is 60.7 cm³/mol. The average Bonchev–Trinajstić information content (AvgIpc) is 2.62. The van der Waals surface area contributed by atoms with E-state index in [1.54, 1.807) is 18.2 Å². The number of ketones is 1. The third-order valence-electron chi connectivity index (χ3n) is 2.45. The number of benzene rings is 1. The number of oxazole rings is 1. The Balaban J connectivity index is 2.69. The zero-order valence-electron chi connectivity index (χ0n) is 8.90. The molecule has 0 atom stereocenters. The molecule has 2 aromatic rings. The van der Waals surface area contributed by atoms with E-state index in [0.717, 1.165) is 0 Å². The van der Waals surface area contributed by atoms with Crippen LogP contribution < -0.4 is 5.76 Å². The van der Waals surface area contributed by atoms with Crippen molar-refractivity contribution in [3.63, 3.8) is 0 Å². The van der Waals surface area contributed by atoms with Crippen molar-refractivity contribution in [1.29, 1.82) is 0 Å². The van der Waals surface area contributed by atoms with Gasteiger partial charge in [-0.3, -0.25) is 9.36 Å². The molecule has 0 radical (unpaired) electrons. The predicted octanol–water partition coefficient (Wildman–Crippen LogP) is 1.98. The van der Waals surface area contributed by atoms with Crippen LogP contribution in [0.2, 0.25) is 0 Å². The lowest BCUT2D eigenvalue weighted by Crippen LogP contribution is -2.11. The highest BCUT2D eigenvalue weighted by Crippen LogP contribution is 2.15. The van der Waals surface area contributed by atoms with Gasteiger partial charge in [-0.25, -0.2) is 4.79 Å². The number of carbonyl (C=O) groups excluding carboxylic acids is 1. The summed E-state index contributed by atoms with van der Waals surface area (Å²) in [4.78, 5) is 22.8. The Morgan fingerprint density at radius 3 is 2.94 bits per heavy atom. The monoisotopic (exact) mass is 217 g/mol. The number of nitrogens with zero attached hydrogens (tertiary/aromatic N) is 1. The van der Waals surface area contributed by atoms with Crippen molar-refractivity contribution in [3.05, 3.63) is 47.0 Å². The van der Waals surface area contributed by atoms with Crippen LogP contribution in [0, 0.1) is 0 Å². The molecule has 0 bridgehead atoms. The van der Waals surface area contributed by atoms with Crippen molar-refractivity contribution in [2.24, 2.45) is 0 Å². The number of hydrogen-bond donors (Lipinski definition) is 0. The molecule has 0 saturated carbocycles. The molecule has 0 amide bonds. The lowest BCUT2D eigenvalue weighted by Gasteiger charge is -1.97. The second-order valence-corrected chi connectivity index (χ2v) is 3.36. The first-order chi connectivity index (χ1) is 7.67. The molecule has 1 aromatic carbocycles. The lowest BCUT2D eigenvalue weighted by molar-refractivity contribution is 0.104. The van der Waals surface area contributed by atoms with E-state index in [4.69, 9.17) is 4.42 Å². The maximum absolute atomic E-state index is 11.4. The maximum Gasteiger partial charge on any atom is 0.419 e. The van der Waals surface area contributed by atoms with Crippen LogP contribution in [-0.2, 0) is 6.54 Å². The molecule has 0 fully saturated rings. The molecule has 4 nitrogen and oxygen atoms in total. The van der Waals surface area contributed by atoms with Crippen LogP contribution in [-0.4, -0.2) is 10.4 Å². The standard InChI is InChI=1S/C12H11NO3/c1-3-10(14)8-5-6-9-11(7-8)16-12(15)13(9)4-2/h3,5-7H,1,4H2,2H3. The van der Waals surface area contributed by atoms with Crippen molar-refractivity contribution in [2.75, 3.05) is 0 Å². The molecule has 2 rings (SSSR count). The van der Waals surface area contributed by atoms with Gasteiger partial charge in [0.1, 0.15) is 0 Å². The molecule has 1 heterocycles. The van der Waals surface area contributed by atoms with Crippen molar-refractivity contribution < 1.29 is 9.21 Å². The molecule has 0 aliphatic heterocycles. The molecule has 0 N–H and O–H groups in total. The van der Waals surface area contributed by atoms with E-state index in [0.29, 0.717) is 23.2 Å². The molecule has 1 aromatic heterocycles. The van der Waals surface area contributed by atoms with Crippen molar-refractivity contribution in [2.45, 2.75) is 13.5 Å². The largest absolute Gasteiger partial charge is 0.419 e. The van der Waals surface area contributed by atoms with Gasteiger partial charge in [-0.2, -0.15) is 0 Å². The summed E-state index contributed by atoms with van der Waals surface area (Å²) >= 11 is 0. The Labute approximate surface area is 91.8 Å². The van der Waals surface area contributed by atoms with Crippen LogP contribution in [0.25, 0.3) is 11.1 Å². The highest BCUT2D eigenvalue weighted by atomic mass is 16.4. The van der Waals surface area contributed by atoms with Crippen LogP contribution in [0.5, 0.6) is 0 Å². The van der Waals surface area contributed by atoms with Crippen LogP contribution >= 0.6 is 0 Å². The summed E-state index contributed by atoms with van der Waals surface area (Å²) in [7, 11) is 0. The van der Waals surface area contributed by atoms with E-state index in [2.05, 4.69) is 6.58 Å². The molecule has 82 valence electrons. The molecule has 0 aliphatic rings. The number of allylic oxidation sites excluding steroid dienone is 1. The van der Waals surface area contributed by atoms with Crippen LogP contribution in [0.1, 0.15) is 17.3 Å². The molecule has 0 saturated heterocycles. The molecule has 16 heavy (non-hydrogen) atoms. The summed E-state index contributed by atoms with van der Waals surface area (Å²) in [6.45, 7) is 5.81. The van der Waals surface area contributed by atoms with Gasteiger partial charge in [-0.1, -0.05) is 6.58 Å². The van der Waals surface area contributed by atoms with Crippen molar-refractivity contribution in [3.8, 4) is 0 Å². The van der Waals surface area contributed by atoms with Gasteiger partial charge in [0.2, 0.25) is 0 Å². The first-order valence-electron chi connectivity index (χ1n) is 4.97. The quantitative estimate of drug-likeness (QED) is 0.583. The van der Waals surface area contributed by atoms with Gasteiger partial charge < -0.3 is 4.42 Å². The fraction of sp³-hybridized carbons (Fsp3) is 0.167. The first kappa shape index (κ1) is 10.4. The summed E-state index contributed by atoms with van der Waals surface area (Å²) in [6, 6.07) is 4.93. The topological polar surface area (TPSA) is 52.2 Å². The number of fused-ring (bicyclic) bond motifs is 1. The minimum atomic E-state index is -0.402. The molecule has 0 spiro atoms. The van der Waals surface area contributed by atoms with Gasteiger partial charge in [-0.15, -0.1) is 0 Å². The third kappa shape index (κ3) is 1.48. The lowest BCUT2D eigenvalue weighted by atomic mass is 10.1. The van der Waals surface area contributed by atoms with E-state index >= 15 is 0 Å². The number of aryl methyl sites for hydroxylation is 1. The summed E-state index contributed by atoms with van der Waals surface area (Å²) in [5, 5.41) is 0. The molecule has 0 unspecified atom stereocenters. The summed E-state index contributed by atoms with van der Waals surface area (Å²) in [5.41, 5.74) is 1.60. The van der Waals surface area contributed by atoms with Gasteiger partial charge >= 0.3 is 5.76 Å². The van der Waals surface area contributed by atoms with Gasteiger partial charge in [0.25, 0.3) is 0 Å². The molecule has 0 aliphatic carbocycles. The van der Waals surface area contributed by atoms with E-state index < -0.39 is 5.76 Å². The second kappa shape index (κ2) is 3.81. The molecular weight excluding hydrogens is 206 g/mol. The van der Waals surface area contributed by atoms with Crippen LogP contribution in [0.3, 0.4) is 0 Å². The Hall–Kier alpha value is -2.10. The Bertz CT molecular complexity index is 619. The maximum atomic E-state index is 11.4. The highest BCUT2D eigenvalue weighted by molar-refractivity contribution is 6.05. The minimum absolute atomic E-state index is 0.186. The van der Waals surface area contributed by atoms with E-state index in [1.807, 2.05) is 6.92 Å². The Morgan fingerprint density at radius 2 is 2.31 bits per heavy atom. The van der Waals surface area contributed by atoms with Crippen molar-refractivity contribution in [1.82, 2.24) is 4.57 Å². The van der Waals surface area contributed by atoms with E-state index in [-0.39, 0.29) is 5.78 Å². The number of carbonyl (C=O) groups is 1. The second-order valence-electron chi connectivity index (χ2n) is 3.36. The Morgan fingerprint density at radius 1 is 1.56 bits per heavy atom. The minimum Gasteiger partial charge on any atom is -0.408 e. The first-order valence-corrected chi connectivity index (χ1v) is 4.97. The highest BCUT2D eigenvalue weighted by Gasteiger charge is 2.10. The van der Waals surface area contributed by atoms with Crippen molar-refractivity contribution >= 4 is 16.9 Å².